The van der Waals surface area contributed by atoms with Crippen molar-refractivity contribution in [2.75, 3.05) is 7.05 Å². The Morgan fingerprint density at radius 3 is 2.45 bits per heavy atom. The Morgan fingerprint density at radius 1 is 1.14 bits per heavy atom. The zero-order valence-corrected chi connectivity index (χ0v) is 12.2. The summed E-state index contributed by atoms with van der Waals surface area (Å²) in [6.07, 6.45) is 1.15. The number of aromatic nitrogens is 2. The molecule has 0 aliphatic heterocycles. The molecule has 114 valence electrons. The molecule has 0 radical (unpaired) electrons. The average Bonchev–Trinajstić information content (AvgIpc) is 2.55. The molecule has 0 spiro atoms. The number of halogens is 1. The highest BCUT2D eigenvalue weighted by molar-refractivity contribution is 5.97. The minimum atomic E-state index is -0.436. The molecule has 0 unspecified atom stereocenters. The SMILES string of the molecule is CNC(=O)c1cc(C(=O)NCc2ccc(F)c(C)c2)ncn1. The van der Waals surface area contributed by atoms with Gasteiger partial charge in [-0.05, 0) is 24.1 Å². The lowest BCUT2D eigenvalue weighted by molar-refractivity contribution is 0.0945. The average molecular weight is 302 g/mol. The Bertz CT molecular complexity index is 718. The lowest BCUT2D eigenvalue weighted by atomic mass is 10.1. The number of rotatable bonds is 4. The van der Waals surface area contributed by atoms with Crippen LogP contribution in [0.1, 0.15) is 32.1 Å². The quantitative estimate of drug-likeness (QED) is 0.889. The van der Waals surface area contributed by atoms with E-state index in [2.05, 4.69) is 20.6 Å². The molecule has 2 rings (SSSR count). The van der Waals surface area contributed by atoms with Crippen molar-refractivity contribution in [3.05, 3.63) is 58.9 Å². The van der Waals surface area contributed by atoms with Crippen molar-refractivity contribution in [2.45, 2.75) is 13.5 Å². The predicted octanol–water partition coefficient (Wildman–Crippen LogP) is 1.21. The van der Waals surface area contributed by atoms with E-state index in [1.54, 1.807) is 19.1 Å². The van der Waals surface area contributed by atoms with Crippen molar-refractivity contribution < 1.29 is 14.0 Å². The van der Waals surface area contributed by atoms with Gasteiger partial charge in [0.1, 0.15) is 23.5 Å². The minimum absolute atomic E-state index is 0.0902. The Kier molecular flexibility index (Phi) is 4.77. The summed E-state index contributed by atoms with van der Waals surface area (Å²) in [5.41, 5.74) is 1.48. The van der Waals surface area contributed by atoms with E-state index >= 15 is 0 Å². The molecule has 0 aliphatic carbocycles. The largest absolute Gasteiger partial charge is 0.354 e. The summed E-state index contributed by atoms with van der Waals surface area (Å²) < 4.78 is 13.2. The van der Waals surface area contributed by atoms with E-state index in [4.69, 9.17) is 0 Å². The van der Waals surface area contributed by atoms with Crippen LogP contribution in [0.15, 0.2) is 30.6 Å². The Labute approximate surface area is 126 Å². The van der Waals surface area contributed by atoms with Crippen molar-refractivity contribution >= 4 is 11.8 Å². The smallest absolute Gasteiger partial charge is 0.270 e. The second-order valence-electron chi connectivity index (χ2n) is 4.63. The van der Waals surface area contributed by atoms with E-state index in [-0.39, 0.29) is 23.7 Å². The van der Waals surface area contributed by atoms with E-state index < -0.39 is 11.8 Å². The molecule has 0 saturated heterocycles. The summed E-state index contributed by atoms with van der Waals surface area (Å²) in [5, 5.41) is 5.08. The van der Waals surface area contributed by atoms with Gasteiger partial charge in [0.05, 0.1) is 0 Å². The molecular formula is C15H15FN4O2. The van der Waals surface area contributed by atoms with Crippen LogP contribution in [0.4, 0.5) is 4.39 Å². The Balaban J connectivity index is 2.06. The molecule has 22 heavy (non-hydrogen) atoms. The van der Waals surface area contributed by atoms with E-state index in [1.807, 2.05) is 0 Å². The van der Waals surface area contributed by atoms with Gasteiger partial charge in [0.2, 0.25) is 0 Å². The van der Waals surface area contributed by atoms with Gasteiger partial charge in [0.25, 0.3) is 11.8 Å². The number of hydrogen-bond acceptors (Lipinski definition) is 4. The maximum absolute atomic E-state index is 13.2. The third kappa shape index (κ3) is 3.63. The van der Waals surface area contributed by atoms with Crippen LogP contribution in [0.5, 0.6) is 0 Å². The molecule has 1 aromatic heterocycles. The number of hydrogen-bond donors (Lipinski definition) is 2. The van der Waals surface area contributed by atoms with Gasteiger partial charge in [-0.25, -0.2) is 14.4 Å². The molecule has 0 atom stereocenters. The number of carbonyl (C=O) groups is 2. The van der Waals surface area contributed by atoms with Crippen LogP contribution in [-0.4, -0.2) is 28.8 Å². The Hall–Kier alpha value is -2.83. The molecule has 7 heteroatoms. The lowest BCUT2D eigenvalue weighted by Crippen LogP contribution is -2.25. The molecule has 2 amide bonds. The maximum atomic E-state index is 13.2. The van der Waals surface area contributed by atoms with Crippen molar-refractivity contribution in [1.82, 2.24) is 20.6 Å². The summed E-state index contributed by atoms with van der Waals surface area (Å²) >= 11 is 0. The standard InChI is InChI=1S/C15H15FN4O2/c1-9-5-10(3-4-11(9)16)7-18-15(22)13-6-12(14(21)17-2)19-8-20-13/h3-6,8H,7H2,1-2H3,(H,17,21)(H,18,22). The second-order valence-corrected chi connectivity index (χ2v) is 4.63. The van der Waals surface area contributed by atoms with E-state index in [1.165, 1.54) is 19.2 Å². The fourth-order valence-corrected chi connectivity index (χ4v) is 1.82. The molecule has 0 fully saturated rings. The highest BCUT2D eigenvalue weighted by atomic mass is 19.1. The molecule has 0 aliphatic rings. The zero-order chi connectivity index (χ0) is 16.1. The summed E-state index contributed by atoms with van der Waals surface area (Å²) in [7, 11) is 1.47. The number of nitrogens with one attached hydrogen (secondary N) is 2. The van der Waals surface area contributed by atoms with Crippen molar-refractivity contribution in [1.29, 1.82) is 0 Å². The highest BCUT2D eigenvalue weighted by Crippen LogP contribution is 2.09. The number of nitrogens with zero attached hydrogens (tertiary/aromatic N) is 2. The summed E-state index contributed by atoms with van der Waals surface area (Å²) in [5.74, 6) is -1.12. The van der Waals surface area contributed by atoms with Crippen LogP contribution < -0.4 is 10.6 Å². The van der Waals surface area contributed by atoms with Crippen LogP contribution in [0, 0.1) is 12.7 Å². The number of amides is 2. The first-order chi connectivity index (χ1) is 10.5. The third-order valence-electron chi connectivity index (χ3n) is 3.03. The lowest BCUT2D eigenvalue weighted by Gasteiger charge is -2.07. The van der Waals surface area contributed by atoms with Crippen LogP contribution in [0.25, 0.3) is 0 Å². The van der Waals surface area contributed by atoms with Crippen LogP contribution >= 0.6 is 0 Å². The van der Waals surface area contributed by atoms with Crippen LogP contribution in [-0.2, 0) is 6.54 Å². The molecule has 6 nitrogen and oxygen atoms in total. The van der Waals surface area contributed by atoms with Gasteiger partial charge >= 0.3 is 0 Å². The fraction of sp³-hybridized carbons (Fsp3) is 0.200. The molecule has 2 aromatic rings. The third-order valence-corrected chi connectivity index (χ3v) is 3.03. The van der Waals surface area contributed by atoms with Crippen molar-refractivity contribution in [2.24, 2.45) is 0 Å². The first-order valence-electron chi connectivity index (χ1n) is 6.58. The summed E-state index contributed by atoms with van der Waals surface area (Å²) in [6, 6.07) is 5.92. The van der Waals surface area contributed by atoms with Gasteiger partial charge in [-0.1, -0.05) is 12.1 Å². The van der Waals surface area contributed by atoms with E-state index in [9.17, 15) is 14.0 Å². The predicted molar refractivity (Wildman–Crippen MR) is 77.7 cm³/mol. The molecule has 0 bridgehead atoms. The zero-order valence-electron chi connectivity index (χ0n) is 12.2. The molecule has 1 aromatic carbocycles. The van der Waals surface area contributed by atoms with Gasteiger partial charge < -0.3 is 10.6 Å². The van der Waals surface area contributed by atoms with E-state index in [0.29, 0.717) is 5.56 Å². The monoisotopic (exact) mass is 302 g/mol. The van der Waals surface area contributed by atoms with Gasteiger partial charge in [-0.2, -0.15) is 0 Å². The van der Waals surface area contributed by atoms with Gasteiger partial charge in [-0.3, -0.25) is 9.59 Å². The summed E-state index contributed by atoms with van der Waals surface area (Å²) in [4.78, 5) is 31.1. The maximum Gasteiger partial charge on any atom is 0.270 e. The number of benzene rings is 1. The van der Waals surface area contributed by atoms with E-state index in [0.717, 1.165) is 11.9 Å². The molecule has 2 N–H and O–H groups in total. The number of aryl methyl sites for hydroxylation is 1. The second kappa shape index (κ2) is 6.75. The minimum Gasteiger partial charge on any atom is -0.354 e. The van der Waals surface area contributed by atoms with Crippen molar-refractivity contribution in [3.63, 3.8) is 0 Å². The van der Waals surface area contributed by atoms with Gasteiger partial charge in [-0.15, -0.1) is 0 Å². The summed E-state index contributed by atoms with van der Waals surface area (Å²) in [6.45, 7) is 1.89. The first kappa shape index (κ1) is 15.6. The van der Waals surface area contributed by atoms with Gasteiger partial charge in [0.15, 0.2) is 0 Å². The van der Waals surface area contributed by atoms with Gasteiger partial charge in [0, 0.05) is 19.7 Å². The number of carbonyl (C=O) groups excluding carboxylic acids is 2. The Morgan fingerprint density at radius 2 is 1.82 bits per heavy atom. The molecule has 1 heterocycles. The van der Waals surface area contributed by atoms with Crippen molar-refractivity contribution in [3.8, 4) is 0 Å². The van der Waals surface area contributed by atoms with Crippen LogP contribution in [0.2, 0.25) is 0 Å². The molecule has 0 saturated carbocycles. The molecular weight excluding hydrogens is 287 g/mol. The highest BCUT2D eigenvalue weighted by Gasteiger charge is 2.12. The normalized spacial score (nSPS) is 10.1. The first-order valence-corrected chi connectivity index (χ1v) is 6.58. The van der Waals surface area contributed by atoms with Crippen LogP contribution in [0.3, 0.4) is 0 Å². The fourth-order valence-electron chi connectivity index (χ4n) is 1.82. The topological polar surface area (TPSA) is 84.0 Å².